The maximum atomic E-state index is 12.6. The van der Waals surface area contributed by atoms with Gasteiger partial charge in [-0.15, -0.1) is 0 Å². The van der Waals surface area contributed by atoms with E-state index in [1.165, 1.54) is 0 Å². The van der Waals surface area contributed by atoms with Gasteiger partial charge in [-0.05, 0) is 37.8 Å². The van der Waals surface area contributed by atoms with E-state index in [1.807, 2.05) is 35.0 Å². The van der Waals surface area contributed by atoms with Gasteiger partial charge < -0.3 is 10.4 Å². The van der Waals surface area contributed by atoms with Gasteiger partial charge in [-0.25, -0.2) is 4.68 Å². The molecule has 2 fully saturated rings. The largest absolute Gasteiger partial charge is 0.481 e. The van der Waals surface area contributed by atoms with Crippen LogP contribution >= 0.6 is 0 Å². The molecule has 0 radical (unpaired) electrons. The fourth-order valence-corrected chi connectivity index (χ4v) is 3.26. The number of aliphatic carboxylic acids is 1. The molecule has 4 rings (SSSR count). The Morgan fingerprint density at radius 3 is 2.50 bits per heavy atom. The first-order valence-corrected chi connectivity index (χ1v) is 8.30. The quantitative estimate of drug-likeness (QED) is 0.884. The molecule has 1 heterocycles. The van der Waals surface area contributed by atoms with Crippen molar-refractivity contribution in [3.63, 3.8) is 0 Å². The first kappa shape index (κ1) is 14.9. The average molecular weight is 325 g/mol. The molecule has 2 aromatic rings. The topological polar surface area (TPSA) is 84.2 Å². The highest BCUT2D eigenvalue weighted by atomic mass is 16.4. The minimum Gasteiger partial charge on any atom is -0.481 e. The molecule has 0 bridgehead atoms. The predicted molar refractivity (Wildman–Crippen MR) is 87.2 cm³/mol. The molecule has 1 amide bonds. The number of hydrogen-bond donors (Lipinski definition) is 2. The van der Waals surface area contributed by atoms with E-state index in [4.69, 9.17) is 5.11 Å². The molecule has 2 N–H and O–H groups in total. The second-order valence-electron chi connectivity index (χ2n) is 6.64. The number of hydrogen-bond acceptors (Lipinski definition) is 3. The van der Waals surface area contributed by atoms with Crippen LogP contribution in [0.2, 0.25) is 0 Å². The summed E-state index contributed by atoms with van der Waals surface area (Å²) in [6, 6.07) is 9.76. The molecule has 0 unspecified atom stereocenters. The zero-order valence-electron chi connectivity index (χ0n) is 13.2. The molecule has 124 valence electrons. The lowest BCUT2D eigenvalue weighted by molar-refractivity contribution is -0.145. The number of carboxylic acids is 1. The summed E-state index contributed by atoms with van der Waals surface area (Å²) in [6.07, 6.45) is 4.79. The number of rotatable bonds is 5. The van der Waals surface area contributed by atoms with E-state index in [-0.39, 0.29) is 17.9 Å². The van der Waals surface area contributed by atoms with Crippen molar-refractivity contribution < 1.29 is 14.7 Å². The monoisotopic (exact) mass is 325 g/mol. The Morgan fingerprint density at radius 1 is 1.17 bits per heavy atom. The van der Waals surface area contributed by atoms with Crippen LogP contribution in [0.3, 0.4) is 0 Å². The second kappa shape index (κ2) is 5.78. The second-order valence-corrected chi connectivity index (χ2v) is 6.64. The lowest BCUT2D eigenvalue weighted by Gasteiger charge is -2.32. The van der Waals surface area contributed by atoms with Gasteiger partial charge in [0.1, 0.15) is 0 Å². The van der Waals surface area contributed by atoms with Gasteiger partial charge in [-0.3, -0.25) is 9.59 Å². The summed E-state index contributed by atoms with van der Waals surface area (Å²) < 4.78 is 1.85. The van der Waals surface area contributed by atoms with E-state index in [9.17, 15) is 9.59 Å². The number of nitrogens with one attached hydrogen (secondary N) is 1. The summed E-state index contributed by atoms with van der Waals surface area (Å²) in [5, 5.41) is 16.3. The van der Waals surface area contributed by atoms with Gasteiger partial charge in [0.15, 0.2) is 0 Å². The summed E-state index contributed by atoms with van der Waals surface area (Å²) in [5.74, 6) is -0.879. The predicted octanol–water partition coefficient (Wildman–Crippen LogP) is 2.34. The summed E-state index contributed by atoms with van der Waals surface area (Å²) >= 11 is 0. The lowest BCUT2D eigenvalue weighted by atomic mass is 9.80. The van der Waals surface area contributed by atoms with E-state index >= 15 is 0 Å². The number of para-hydroxylation sites is 1. The zero-order chi connectivity index (χ0) is 16.7. The summed E-state index contributed by atoms with van der Waals surface area (Å²) in [6.45, 7) is 0. The van der Waals surface area contributed by atoms with E-state index in [1.54, 1.807) is 6.20 Å². The van der Waals surface area contributed by atoms with Crippen LogP contribution in [-0.2, 0) is 4.79 Å². The first-order chi connectivity index (χ1) is 11.6. The van der Waals surface area contributed by atoms with Gasteiger partial charge in [-0.1, -0.05) is 18.2 Å². The Morgan fingerprint density at radius 2 is 1.88 bits per heavy atom. The van der Waals surface area contributed by atoms with Crippen molar-refractivity contribution in [3.05, 3.63) is 47.8 Å². The fourth-order valence-electron chi connectivity index (χ4n) is 3.26. The third-order valence-electron chi connectivity index (χ3n) is 4.84. The normalized spacial score (nSPS) is 22.7. The highest BCUT2D eigenvalue weighted by Crippen LogP contribution is 2.42. The van der Waals surface area contributed by atoms with Gasteiger partial charge in [-0.2, -0.15) is 5.10 Å². The standard InChI is InChI=1S/C18H19N3O3/c22-17(20-13-8-12(9-13)18(23)24)15-10-19-21(16(15)11-6-7-11)14-4-2-1-3-5-14/h1-5,10-13H,6-9H2,(H,20,22)(H,23,24). The first-order valence-electron chi connectivity index (χ1n) is 8.30. The highest BCUT2D eigenvalue weighted by molar-refractivity contribution is 5.96. The number of nitrogens with zero attached hydrogens (tertiary/aromatic N) is 2. The molecule has 6 nitrogen and oxygen atoms in total. The number of carbonyl (C=O) groups excluding carboxylic acids is 1. The molecule has 24 heavy (non-hydrogen) atoms. The Kier molecular flexibility index (Phi) is 3.59. The maximum Gasteiger partial charge on any atom is 0.306 e. The van der Waals surface area contributed by atoms with Crippen LogP contribution in [0, 0.1) is 5.92 Å². The summed E-state index contributed by atoms with van der Waals surface area (Å²) in [4.78, 5) is 23.5. The van der Waals surface area contributed by atoms with Crippen molar-refractivity contribution in [2.45, 2.75) is 37.6 Å². The van der Waals surface area contributed by atoms with Crippen LogP contribution in [0.4, 0.5) is 0 Å². The van der Waals surface area contributed by atoms with Crippen molar-refractivity contribution >= 4 is 11.9 Å². The zero-order valence-corrected chi connectivity index (χ0v) is 13.2. The lowest BCUT2D eigenvalue weighted by Crippen LogP contribution is -2.46. The van der Waals surface area contributed by atoms with Crippen LogP contribution in [0.15, 0.2) is 36.5 Å². The maximum absolute atomic E-state index is 12.6. The molecule has 2 saturated carbocycles. The van der Waals surface area contributed by atoms with Crippen molar-refractivity contribution in [3.8, 4) is 5.69 Å². The SMILES string of the molecule is O=C(NC1CC(C(=O)O)C1)c1cnn(-c2ccccc2)c1C1CC1. The number of carbonyl (C=O) groups is 2. The molecule has 1 aromatic carbocycles. The minimum atomic E-state index is -0.781. The van der Waals surface area contributed by atoms with E-state index in [0.29, 0.717) is 24.3 Å². The molecule has 1 aromatic heterocycles. The molecular formula is C18H19N3O3. The molecule has 0 atom stereocenters. The fraction of sp³-hybridized carbons (Fsp3) is 0.389. The smallest absolute Gasteiger partial charge is 0.306 e. The third kappa shape index (κ3) is 2.68. The van der Waals surface area contributed by atoms with Crippen LogP contribution in [0.5, 0.6) is 0 Å². The number of amides is 1. The van der Waals surface area contributed by atoms with Gasteiger partial charge in [0.2, 0.25) is 0 Å². The van der Waals surface area contributed by atoms with Crippen LogP contribution in [-0.4, -0.2) is 32.8 Å². The number of benzene rings is 1. The number of carboxylic acid groups (broad SMARTS) is 1. The molecule has 6 heteroatoms. The van der Waals surface area contributed by atoms with Crippen molar-refractivity contribution in [1.29, 1.82) is 0 Å². The molecule has 0 saturated heterocycles. The van der Waals surface area contributed by atoms with Gasteiger partial charge in [0, 0.05) is 12.0 Å². The van der Waals surface area contributed by atoms with Crippen molar-refractivity contribution in [1.82, 2.24) is 15.1 Å². The Bertz CT molecular complexity index is 774. The number of aromatic nitrogens is 2. The van der Waals surface area contributed by atoms with Crippen molar-refractivity contribution in [2.24, 2.45) is 5.92 Å². The molecule has 0 aliphatic heterocycles. The molecule has 2 aliphatic rings. The molecular weight excluding hydrogens is 306 g/mol. The van der Waals surface area contributed by atoms with E-state index in [2.05, 4.69) is 10.4 Å². The molecule has 2 aliphatic carbocycles. The van der Waals surface area contributed by atoms with E-state index in [0.717, 1.165) is 24.2 Å². The van der Waals surface area contributed by atoms with Gasteiger partial charge in [0.25, 0.3) is 5.91 Å². The Hall–Kier alpha value is -2.63. The van der Waals surface area contributed by atoms with Gasteiger partial charge >= 0.3 is 5.97 Å². The Balaban J connectivity index is 1.54. The van der Waals surface area contributed by atoms with Gasteiger partial charge in [0.05, 0.1) is 29.1 Å². The summed E-state index contributed by atoms with van der Waals surface area (Å²) in [7, 11) is 0. The summed E-state index contributed by atoms with van der Waals surface area (Å²) in [5.41, 5.74) is 2.53. The van der Waals surface area contributed by atoms with Crippen LogP contribution in [0.25, 0.3) is 5.69 Å². The highest BCUT2D eigenvalue weighted by Gasteiger charge is 2.37. The Labute approximate surface area is 139 Å². The third-order valence-corrected chi connectivity index (χ3v) is 4.84. The van der Waals surface area contributed by atoms with Crippen molar-refractivity contribution in [2.75, 3.05) is 0 Å². The van der Waals surface area contributed by atoms with Crippen LogP contribution < -0.4 is 5.32 Å². The minimum absolute atomic E-state index is 0.0503. The molecule has 0 spiro atoms. The average Bonchev–Trinajstić information content (AvgIpc) is 3.28. The van der Waals surface area contributed by atoms with E-state index < -0.39 is 5.97 Å². The van der Waals surface area contributed by atoms with Crippen LogP contribution in [0.1, 0.15) is 47.7 Å².